The van der Waals surface area contributed by atoms with Gasteiger partial charge in [0.05, 0.1) is 11.2 Å². The Bertz CT molecular complexity index is 455. The Balaban J connectivity index is 2.91. The van der Waals surface area contributed by atoms with Gasteiger partial charge in [-0.05, 0) is 13.2 Å². The van der Waals surface area contributed by atoms with Crippen molar-refractivity contribution < 1.29 is 14.3 Å². The molecule has 1 rings (SSSR count). The van der Waals surface area contributed by atoms with E-state index < -0.39 is 18.0 Å². The van der Waals surface area contributed by atoms with Gasteiger partial charge in [-0.1, -0.05) is 23.4 Å². The molecule has 1 atom stereocenters. The number of hydrogen-bond donors (Lipinski definition) is 1. The molecule has 0 unspecified atom stereocenters. The molecule has 0 aromatic carbocycles. The van der Waals surface area contributed by atoms with Crippen molar-refractivity contribution in [3.63, 3.8) is 0 Å². The first-order valence-corrected chi connectivity index (χ1v) is 6.12. The van der Waals surface area contributed by atoms with Crippen molar-refractivity contribution in [2.45, 2.75) is 18.2 Å². The maximum absolute atomic E-state index is 11.6. The lowest BCUT2D eigenvalue weighted by molar-refractivity contribution is -0.125. The monoisotopic (exact) mass is 275 g/mol. The molecule has 0 saturated carbocycles. The zero-order chi connectivity index (χ0) is 13.0. The number of thioether (sulfide) groups is 1. The summed E-state index contributed by atoms with van der Waals surface area (Å²) in [7, 11) is 0. The molecule has 2 N–H and O–H groups in total. The smallest absolute Gasteiger partial charge is 0.359 e. The summed E-state index contributed by atoms with van der Waals surface area (Å²) in [6, 6.07) is 0. The van der Waals surface area contributed by atoms with Crippen LogP contribution in [0.25, 0.3) is 0 Å². The van der Waals surface area contributed by atoms with Crippen LogP contribution in [0.4, 0.5) is 0 Å². The zero-order valence-corrected chi connectivity index (χ0v) is 10.7. The first kappa shape index (κ1) is 13.7. The summed E-state index contributed by atoms with van der Waals surface area (Å²) in [4.78, 5) is 30.2. The Hall–Kier alpha value is -1.34. The van der Waals surface area contributed by atoms with Crippen LogP contribution < -0.4 is 5.73 Å². The van der Waals surface area contributed by atoms with E-state index in [1.54, 1.807) is 6.26 Å². The number of hydrogen-bond acceptors (Lipinski definition) is 6. The summed E-state index contributed by atoms with van der Waals surface area (Å²) in [6.07, 6.45) is 2.02. The van der Waals surface area contributed by atoms with Gasteiger partial charge >= 0.3 is 5.97 Å². The molecule has 0 saturated heterocycles. The van der Waals surface area contributed by atoms with E-state index in [4.69, 9.17) is 22.1 Å². The van der Waals surface area contributed by atoms with Crippen molar-refractivity contribution in [3.8, 4) is 0 Å². The molecule has 1 aromatic heterocycles. The van der Waals surface area contributed by atoms with Gasteiger partial charge in [-0.3, -0.25) is 4.79 Å². The number of nitrogens with zero attached hydrogens (tertiary/aromatic N) is 2. The van der Waals surface area contributed by atoms with E-state index in [1.165, 1.54) is 24.9 Å². The van der Waals surface area contributed by atoms with Crippen molar-refractivity contribution in [3.05, 3.63) is 16.9 Å². The van der Waals surface area contributed by atoms with Crippen LogP contribution in [0.5, 0.6) is 0 Å². The Labute approximate surface area is 107 Å². The predicted molar refractivity (Wildman–Crippen MR) is 62.9 cm³/mol. The third-order valence-corrected chi connectivity index (χ3v) is 2.62. The lowest BCUT2D eigenvalue weighted by atomic mass is 10.3. The van der Waals surface area contributed by atoms with Gasteiger partial charge in [0, 0.05) is 0 Å². The highest BCUT2D eigenvalue weighted by atomic mass is 35.5. The molecule has 0 aliphatic rings. The van der Waals surface area contributed by atoms with Gasteiger partial charge in [0.25, 0.3) is 5.91 Å². The lowest BCUT2D eigenvalue weighted by Gasteiger charge is -2.09. The van der Waals surface area contributed by atoms with Crippen LogP contribution in [0.3, 0.4) is 0 Å². The maximum atomic E-state index is 11.6. The molecule has 0 aliphatic carbocycles. The topological polar surface area (TPSA) is 95.2 Å². The number of ether oxygens (including phenoxy) is 1. The highest BCUT2D eigenvalue weighted by molar-refractivity contribution is 7.98. The molecule has 0 spiro atoms. The number of amides is 1. The number of rotatable bonds is 4. The van der Waals surface area contributed by atoms with Gasteiger partial charge in [-0.2, -0.15) is 0 Å². The van der Waals surface area contributed by atoms with Gasteiger partial charge in [0.2, 0.25) is 0 Å². The molecule has 6 nitrogen and oxygen atoms in total. The minimum atomic E-state index is -1.04. The molecule has 1 aromatic rings. The number of primary amides is 1. The largest absolute Gasteiger partial charge is 0.448 e. The zero-order valence-electron chi connectivity index (χ0n) is 9.14. The second kappa shape index (κ2) is 5.83. The number of aromatic nitrogens is 2. The van der Waals surface area contributed by atoms with Gasteiger partial charge in [-0.15, -0.1) is 0 Å². The number of nitrogens with two attached hydrogens (primary N) is 1. The summed E-state index contributed by atoms with van der Waals surface area (Å²) >= 11 is 7.01. The van der Waals surface area contributed by atoms with Crippen LogP contribution in [0.1, 0.15) is 17.4 Å². The second-order valence-electron chi connectivity index (χ2n) is 3.00. The van der Waals surface area contributed by atoms with Crippen LogP contribution in [-0.4, -0.2) is 34.2 Å². The summed E-state index contributed by atoms with van der Waals surface area (Å²) in [5.41, 5.74) is 4.89. The molecule has 1 amide bonds. The third kappa shape index (κ3) is 3.57. The molecule has 8 heteroatoms. The minimum Gasteiger partial charge on any atom is -0.448 e. The highest BCUT2D eigenvalue weighted by Gasteiger charge is 2.20. The maximum Gasteiger partial charge on any atom is 0.359 e. The van der Waals surface area contributed by atoms with E-state index in [0.29, 0.717) is 5.16 Å². The molecular formula is C9H10ClN3O3S. The quantitative estimate of drug-likeness (QED) is 0.498. The highest BCUT2D eigenvalue weighted by Crippen LogP contribution is 2.17. The second-order valence-corrected chi connectivity index (χ2v) is 4.18. The molecule has 0 radical (unpaired) electrons. The van der Waals surface area contributed by atoms with E-state index >= 15 is 0 Å². The summed E-state index contributed by atoms with van der Waals surface area (Å²) < 4.78 is 4.78. The Morgan fingerprint density at radius 2 is 2.24 bits per heavy atom. The minimum absolute atomic E-state index is 0.0597. The fourth-order valence-corrected chi connectivity index (χ4v) is 1.38. The van der Waals surface area contributed by atoms with E-state index in [1.807, 2.05) is 0 Å². The van der Waals surface area contributed by atoms with Crippen molar-refractivity contribution in [2.75, 3.05) is 6.26 Å². The summed E-state index contributed by atoms with van der Waals surface area (Å²) in [5, 5.41) is 0.442. The third-order valence-electron chi connectivity index (χ3n) is 1.78. The molecule has 0 aliphatic heterocycles. The van der Waals surface area contributed by atoms with Crippen molar-refractivity contribution in [2.24, 2.45) is 5.73 Å². The van der Waals surface area contributed by atoms with E-state index in [-0.39, 0.29) is 10.7 Å². The standard InChI is InChI=1S/C9H10ClN3O3S/c1-4(7(11)14)16-8(15)6-5(10)3-12-9(13-6)17-2/h3-4H,1-2H3,(H2,11,14)/t4-/m0/s1. The molecule has 17 heavy (non-hydrogen) atoms. The van der Waals surface area contributed by atoms with Crippen molar-refractivity contribution >= 4 is 35.2 Å². The summed E-state index contributed by atoms with van der Waals surface area (Å²) in [5.74, 6) is -1.55. The van der Waals surface area contributed by atoms with Crippen LogP contribution in [-0.2, 0) is 9.53 Å². The number of carbonyl (C=O) groups is 2. The summed E-state index contributed by atoms with van der Waals surface area (Å²) in [6.45, 7) is 1.37. The fraction of sp³-hybridized carbons (Fsp3) is 0.333. The Kier molecular flexibility index (Phi) is 4.71. The van der Waals surface area contributed by atoms with E-state index in [0.717, 1.165) is 0 Å². The normalized spacial score (nSPS) is 11.9. The van der Waals surface area contributed by atoms with Crippen LogP contribution in [0.2, 0.25) is 5.02 Å². The predicted octanol–water partition coefficient (Wildman–Crippen LogP) is 0.883. The van der Waals surface area contributed by atoms with Crippen molar-refractivity contribution in [1.29, 1.82) is 0 Å². The van der Waals surface area contributed by atoms with Gasteiger partial charge in [0.15, 0.2) is 17.0 Å². The number of carbonyl (C=O) groups excluding carboxylic acids is 2. The fourth-order valence-electron chi connectivity index (χ4n) is 0.867. The molecule has 92 valence electrons. The van der Waals surface area contributed by atoms with Gasteiger partial charge in [0.1, 0.15) is 0 Å². The number of halogens is 1. The SMILES string of the molecule is CSc1ncc(Cl)c(C(=O)O[C@@H](C)C(N)=O)n1. The average Bonchev–Trinajstić information content (AvgIpc) is 2.29. The molecular weight excluding hydrogens is 266 g/mol. The van der Waals surface area contributed by atoms with Crippen LogP contribution in [0.15, 0.2) is 11.4 Å². The Morgan fingerprint density at radius 3 is 2.76 bits per heavy atom. The lowest BCUT2D eigenvalue weighted by Crippen LogP contribution is -2.30. The van der Waals surface area contributed by atoms with Crippen LogP contribution in [0, 0.1) is 0 Å². The van der Waals surface area contributed by atoms with E-state index in [2.05, 4.69) is 9.97 Å². The first-order chi connectivity index (χ1) is 7.95. The molecule has 0 bridgehead atoms. The van der Waals surface area contributed by atoms with Crippen molar-refractivity contribution in [1.82, 2.24) is 9.97 Å². The van der Waals surface area contributed by atoms with Crippen LogP contribution >= 0.6 is 23.4 Å². The average molecular weight is 276 g/mol. The van der Waals surface area contributed by atoms with Gasteiger partial charge < -0.3 is 10.5 Å². The Morgan fingerprint density at radius 1 is 1.59 bits per heavy atom. The molecule has 1 heterocycles. The number of esters is 1. The van der Waals surface area contributed by atoms with E-state index in [9.17, 15) is 9.59 Å². The van der Waals surface area contributed by atoms with Gasteiger partial charge in [-0.25, -0.2) is 14.8 Å². The molecule has 0 fully saturated rings. The first-order valence-electron chi connectivity index (χ1n) is 4.52.